The lowest BCUT2D eigenvalue weighted by atomic mass is 9.97. The van der Waals surface area contributed by atoms with Crippen molar-refractivity contribution in [2.45, 2.75) is 154 Å². The number of alkyl halides is 1. The van der Waals surface area contributed by atoms with Crippen molar-refractivity contribution in [1.82, 2.24) is 0 Å². The number of ether oxygens (including phenoxy) is 16. The van der Waals surface area contributed by atoms with Crippen molar-refractivity contribution in [3.8, 4) is 0 Å². The molecule has 558 valence electrons. The van der Waals surface area contributed by atoms with Crippen LogP contribution in [0.3, 0.4) is 0 Å². The highest BCUT2D eigenvalue weighted by Crippen LogP contribution is 2.41. The first-order valence-corrected chi connectivity index (χ1v) is 34.2. The molecule has 0 amide bonds. The van der Waals surface area contributed by atoms with Crippen molar-refractivity contribution in [1.29, 1.82) is 0 Å². The highest BCUT2D eigenvalue weighted by Gasteiger charge is 2.61. The Kier molecular flexibility index (Phi) is 26.9. The molecule has 15 atom stereocenters. The van der Waals surface area contributed by atoms with E-state index >= 15 is 0 Å². The van der Waals surface area contributed by atoms with Gasteiger partial charge in [-0.05, 0) is 135 Å². The summed E-state index contributed by atoms with van der Waals surface area (Å²) in [7, 11) is 1.22. The molecule has 26 nitrogen and oxygen atoms in total. The minimum atomic E-state index is -2.12. The molecule has 0 aromatic heterocycles. The Morgan fingerprint density at radius 2 is 0.552 bits per heavy atom. The number of benzene rings is 6. The molecule has 6 aromatic carbocycles. The molecule has 3 aliphatic rings. The summed E-state index contributed by atoms with van der Waals surface area (Å²) < 4.78 is 102. The first kappa shape index (κ1) is 79.2. The van der Waals surface area contributed by atoms with E-state index in [1.807, 2.05) is 0 Å². The second-order valence-electron chi connectivity index (χ2n) is 27.6. The Hall–Kier alpha value is -9.93. The zero-order valence-corrected chi connectivity index (χ0v) is 60.1. The van der Waals surface area contributed by atoms with E-state index in [4.69, 9.17) is 87.4 Å². The Balaban J connectivity index is 1.23. The number of hydrogen-bond acceptors (Lipinski definition) is 26. The Bertz CT molecular complexity index is 3940. The second kappa shape index (κ2) is 35.7. The number of hydrogen-bond donors (Lipinski definition) is 0. The van der Waals surface area contributed by atoms with Gasteiger partial charge in [-0.2, -0.15) is 0 Å². The number of rotatable bonds is 28. The van der Waals surface area contributed by atoms with Gasteiger partial charge in [-0.3, -0.25) is 19.2 Å². The second-order valence-corrected chi connectivity index (χ2v) is 27.9. The lowest BCUT2D eigenvalue weighted by Gasteiger charge is -2.32. The van der Waals surface area contributed by atoms with Crippen LogP contribution in [0.1, 0.15) is 124 Å². The molecule has 9 rings (SSSR count). The molecule has 105 heavy (non-hydrogen) atoms. The minimum Gasteiger partial charge on any atom is -0.462 e. The van der Waals surface area contributed by atoms with Gasteiger partial charge < -0.3 is 75.8 Å². The summed E-state index contributed by atoms with van der Waals surface area (Å²) in [4.78, 5) is 143. The summed E-state index contributed by atoms with van der Waals surface area (Å²) in [6, 6.07) is 45.6. The quantitative estimate of drug-likeness (QED) is 0.0250. The third-order valence-electron chi connectivity index (χ3n) is 16.5. The maximum Gasteiger partial charge on any atom is 0.338 e. The molecule has 3 fully saturated rings. The summed E-state index contributed by atoms with van der Waals surface area (Å²) in [5, 5.41) is 0. The summed E-state index contributed by atoms with van der Waals surface area (Å²) in [6.07, 6.45) is -28.3. The van der Waals surface area contributed by atoms with E-state index < -0.39 is 194 Å². The van der Waals surface area contributed by atoms with Crippen LogP contribution >= 0.6 is 11.6 Å². The van der Waals surface area contributed by atoms with Gasteiger partial charge in [0.1, 0.15) is 56.2 Å². The number of halogens is 1. The first-order chi connectivity index (χ1) is 50.0. The molecule has 27 heteroatoms. The van der Waals surface area contributed by atoms with Crippen LogP contribution in [0, 0.1) is 16.2 Å². The van der Waals surface area contributed by atoms with Crippen LogP contribution in [0.25, 0.3) is 0 Å². The highest BCUT2D eigenvalue weighted by molar-refractivity contribution is 6.26. The molecule has 0 bridgehead atoms. The van der Waals surface area contributed by atoms with Crippen LogP contribution in [0.2, 0.25) is 0 Å². The van der Waals surface area contributed by atoms with Crippen LogP contribution in [0.5, 0.6) is 0 Å². The Morgan fingerprint density at radius 3 is 0.790 bits per heavy atom. The molecule has 3 saturated heterocycles. The van der Waals surface area contributed by atoms with Crippen LogP contribution in [-0.2, 0) is 95.0 Å². The maximum atomic E-state index is 15.0. The summed E-state index contributed by atoms with van der Waals surface area (Å²) in [5.74, 6) is -10.4. The lowest BCUT2D eigenvalue weighted by molar-refractivity contribution is -0.263. The van der Waals surface area contributed by atoms with E-state index in [0.29, 0.717) is 0 Å². The van der Waals surface area contributed by atoms with Gasteiger partial charge in [0, 0.05) is 7.11 Å². The molecule has 0 radical (unpaired) electrons. The molecule has 6 aromatic rings. The Labute approximate surface area is 611 Å². The molecule has 0 spiro atoms. The zero-order valence-electron chi connectivity index (χ0n) is 59.3. The average molecular weight is 1470 g/mol. The van der Waals surface area contributed by atoms with Crippen molar-refractivity contribution in [3.05, 3.63) is 215 Å². The fourth-order valence-corrected chi connectivity index (χ4v) is 11.0. The maximum absolute atomic E-state index is 15.0. The van der Waals surface area contributed by atoms with Crippen LogP contribution < -0.4 is 0 Å². The van der Waals surface area contributed by atoms with Crippen LogP contribution in [0.15, 0.2) is 182 Å². The lowest BCUT2D eigenvalue weighted by Crippen LogP contribution is -2.51. The van der Waals surface area contributed by atoms with E-state index in [-0.39, 0.29) is 33.4 Å². The SMILES string of the molecule is CO[C@H]1O[C@@H]([C@H](COC(=O)C(C)(C)C)O[C@H]2O[C@@H]([C@H](COC(=O)C(C)(C)C)O[C@@H]3O[C@H]([C@H](COC(=O)C(C)(C)C)OC(=O)CCl)[C@H](OC(=O)c4ccccc4)[C@H]3OC(=O)c3ccccc3)[C@@H](OC(=O)c3ccccc3)[C@@H]2OC(=O)c2ccccc2)[C@H](OC(=O)c2ccccc2)[C@H]1OC(=O)c1ccccc1. The third-order valence-corrected chi connectivity index (χ3v) is 16.7. The predicted octanol–water partition coefficient (Wildman–Crippen LogP) is 9.85. The van der Waals surface area contributed by atoms with Crippen molar-refractivity contribution in [2.24, 2.45) is 16.2 Å². The molecular weight excluding hydrogens is 1390 g/mol. The smallest absolute Gasteiger partial charge is 0.338 e. The monoisotopic (exact) mass is 1470 g/mol. The Morgan fingerprint density at radius 1 is 0.333 bits per heavy atom. The topological polar surface area (TPSA) is 318 Å². The first-order valence-electron chi connectivity index (χ1n) is 33.7. The van der Waals surface area contributed by atoms with Gasteiger partial charge in [0.2, 0.25) is 0 Å². The molecule has 3 heterocycles. The largest absolute Gasteiger partial charge is 0.462 e. The highest BCUT2D eigenvalue weighted by atomic mass is 35.5. The molecular formula is C78H83ClO26. The summed E-state index contributed by atoms with van der Waals surface area (Å²) >= 11 is 6.06. The summed E-state index contributed by atoms with van der Waals surface area (Å²) in [5.41, 5.74) is -3.71. The predicted molar refractivity (Wildman–Crippen MR) is 368 cm³/mol. The van der Waals surface area contributed by atoms with Crippen molar-refractivity contribution in [3.63, 3.8) is 0 Å². The van der Waals surface area contributed by atoms with E-state index in [1.165, 1.54) is 137 Å². The minimum absolute atomic E-state index is 0.0316. The van der Waals surface area contributed by atoms with Gasteiger partial charge in [-0.15, -0.1) is 11.6 Å². The van der Waals surface area contributed by atoms with Crippen molar-refractivity contribution in [2.75, 3.05) is 32.8 Å². The number of esters is 10. The third kappa shape index (κ3) is 21.0. The van der Waals surface area contributed by atoms with Gasteiger partial charge >= 0.3 is 59.7 Å². The van der Waals surface area contributed by atoms with Gasteiger partial charge in [0.25, 0.3) is 0 Å². The molecule has 0 unspecified atom stereocenters. The van der Waals surface area contributed by atoms with Gasteiger partial charge in [-0.1, -0.05) is 109 Å². The molecule has 0 saturated carbocycles. The number of carbonyl (C=O) groups excluding carboxylic acids is 10. The zero-order chi connectivity index (χ0) is 75.8. The van der Waals surface area contributed by atoms with Crippen LogP contribution in [-0.4, -0.2) is 185 Å². The fourth-order valence-electron chi connectivity index (χ4n) is 10.9. The van der Waals surface area contributed by atoms with Gasteiger partial charge in [-0.25, -0.2) is 28.8 Å². The normalized spacial score (nSPS) is 23.0. The van der Waals surface area contributed by atoms with E-state index in [2.05, 4.69) is 0 Å². The van der Waals surface area contributed by atoms with Crippen molar-refractivity contribution >= 4 is 71.3 Å². The van der Waals surface area contributed by atoms with Gasteiger partial charge in [0.15, 0.2) is 61.6 Å². The van der Waals surface area contributed by atoms with E-state index in [1.54, 1.807) is 114 Å². The fraction of sp³-hybridized carbons (Fsp3) is 0.410. The van der Waals surface area contributed by atoms with E-state index in [0.717, 1.165) is 0 Å². The summed E-state index contributed by atoms with van der Waals surface area (Å²) in [6.45, 7) is 11.4. The number of methoxy groups -OCH3 is 1. The molecule has 0 N–H and O–H groups in total. The number of carbonyl (C=O) groups is 10. The molecule has 0 aliphatic carbocycles. The van der Waals surface area contributed by atoms with Crippen LogP contribution in [0.4, 0.5) is 0 Å². The average Bonchev–Trinajstić information content (AvgIpc) is 1.62. The van der Waals surface area contributed by atoms with E-state index in [9.17, 15) is 47.9 Å². The molecule has 3 aliphatic heterocycles. The standard InChI is InChI=1S/C78H83ClO26/c1-76(2,3)73(87)91-42-51(94-54(80)41-79)55-59(98-65(82)46-31-19-12-20-32-46)62(101-68(85)49-37-25-15-26-38-49)71(104-55)96-53(44-93-75(89)78(7,8)9)57-60(99-66(83)47-33-21-13-22-34-47)63(102-69(86)50-39-27-16-28-40-50)72(105-57)95-52(43-92-74(88)77(4,5)6)56-58(97-64(81)45-29-17-11-18-30-45)61(70(90-10)103-56)100-67(84)48-35-23-14-24-36-48/h11-40,51-53,55-63,70-72H,41-44H2,1-10H3/t51-,52-,53-,55+,56-,57-,58-,59-,60+,61+,62+,63-,70-,71+,72-/m0/s1. The van der Waals surface area contributed by atoms with Crippen molar-refractivity contribution < 1.29 is 124 Å². The van der Waals surface area contributed by atoms with Gasteiger partial charge in [0.05, 0.1) is 49.6 Å².